The van der Waals surface area contributed by atoms with Gasteiger partial charge in [-0.25, -0.2) is 0 Å². The highest BCUT2D eigenvalue weighted by Gasteiger charge is 2.45. The summed E-state index contributed by atoms with van der Waals surface area (Å²) in [5.74, 6) is 0.504. The molecule has 1 saturated carbocycles. The highest BCUT2D eigenvalue weighted by atomic mass is 16.5. The van der Waals surface area contributed by atoms with Gasteiger partial charge in [0.25, 0.3) is 0 Å². The summed E-state index contributed by atoms with van der Waals surface area (Å²) < 4.78 is 10.3. The first-order chi connectivity index (χ1) is 7.67. The van der Waals surface area contributed by atoms with E-state index >= 15 is 0 Å². The van der Waals surface area contributed by atoms with Crippen LogP contribution in [0.15, 0.2) is 18.2 Å². The quantitative estimate of drug-likeness (QED) is 0.845. The van der Waals surface area contributed by atoms with Crippen LogP contribution in [0.25, 0.3) is 0 Å². The molecule has 1 aliphatic carbocycles. The van der Waals surface area contributed by atoms with Crippen LogP contribution >= 0.6 is 0 Å². The van der Waals surface area contributed by atoms with Crippen molar-refractivity contribution in [2.75, 3.05) is 14.2 Å². The SMILES string of the molecule is COc1ccc([C@@H]2C[C@@H]2C(=O)O)c(OC)c1. The number of carbonyl (C=O) groups is 1. The zero-order chi connectivity index (χ0) is 11.7. The number of ether oxygens (including phenoxy) is 2. The minimum Gasteiger partial charge on any atom is -0.497 e. The molecule has 4 heteroatoms. The van der Waals surface area contributed by atoms with Gasteiger partial charge < -0.3 is 14.6 Å². The van der Waals surface area contributed by atoms with Crippen molar-refractivity contribution >= 4 is 5.97 Å². The predicted molar refractivity (Wildman–Crippen MR) is 58.0 cm³/mol. The summed E-state index contributed by atoms with van der Waals surface area (Å²) in [7, 11) is 3.17. The van der Waals surface area contributed by atoms with Crippen molar-refractivity contribution in [3.63, 3.8) is 0 Å². The van der Waals surface area contributed by atoms with Crippen molar-refractivity contribution in [1.82, 2.24) is 0 Å². The molecular weight excluding hydrogens is 208 g/mol. The van der Waals surface area contributed by atoms with Gasteiger partial charge in [0.2, 0.25) is 0 Å². The normalized spacial score (nSPS) is 22.6. The van der Waals surface area contributed by atoms with Crippen molar-refractivity contribution in [1.29, 1.82) is 0 Å². The van der Waals surface area contributed by atoms with E-state index < -0.39 is 5.97 Å². The Bertz CT molecular complexity index is 413. The Balaban J connectivity index is 2.25. The molecule has 0 spiro atoms. The maximum Gasteiger partial charge on any atom is 0.307 e. The number of hydrogen-bond donors (Lipinski definition) is 1. The minimum absolute atomic E-state index is 0.0818. The fraction of sp³-hybridized carbons (Fsp3) is 0.417. The molecule has 16 heavy (non-hydrogen) atoms. The molecule has 2 atom stereocenters. The first-order valence-electron chi connectivity index (χ1n) is 5.12. The van der Waals surface area contributed by atoms with E-state index in [0.717, 1.165) is 5.56 Å². The standard InChI is InChI=1S/C12H14O4/c1-15-7-3-4-8(11(5-7)16-2)9-6-10(9)12(13)14/h3-5,9-10H,6H2,1-2H3,(H,13,14)/t9-,10-/m0/s1. The third-order valence-corrected chi connectivity index (χ3v) is 2.95. The van der Waals surface area contributed by atoms with Crippen LogP contribution in [0.2, 0.25) is 0 Å². The Morgan fingerprint density at radius 2 is 2.12 bits per heavy atom. The number of carboxylic acids is 1. The molecule has 1 aromatic carbocycles. The van der Waals surface area contributed by atoms with Gasteiger partial charge in [0.1, 0.15) is 11.5 Å². The lowest BCUT2D eigenvalue weighted by Crippen LogP contribution is -2.00. The smallest absolute Gasteiger partial charge is 0.307 e. The van der Waals surface area contributed by atoms with E-state index in [2.05, 4.69) is 0 Å². The van der Waals surface area contributed by atoms with E-state index in [1.807, 2.05) is 12.1 Å². The van der Waals surface area contributed by atoms with Crippen LogP contribution in [0, 0.1) is 5.92 Å². The van der Waals surface area contributed by atoms with Crippen LogP contribution in [0.1, 0.15) is 17.9 Å². The van der Waals surface area contributed by atoms with Gasteiger partial charge in [-0.05, 0) is 18.1 Å². The molecule has 1 fully saturated rings. The number of benzene rings is 1. The van der Waals surface area contributed by atoms with E-state index in [-0.39, 0.29) is 11.8 Å². The van der Waals surface area contributed by atoms with Crippen LogP contribution < -0.4 is 9.47 Å². The Hall–Kier alpha value is -1.71. The van der Waals surface area contributed by atoms with Crippen LogP contribution in [0.3, 0.4) is 0 Å². The lowest BCUT2D eigenvalue weighted by atomic mass is 10.1. The molecule has 1 aliphatic rings. The number of aliphatic carboxylic acids is 1. The van der Waals surface area contributed by atoms with Crippen molar-refractivity contribution in [2.45, 2.75) is 12.3 Å². The largest absolute Gasteiger partial charge is 0.497 e. The predicted octanol–water partition coefficient (Wildman–Crippen LogP) is 1.89. The topological polar surface area (TPSA) is 55.8 Å². The second-order valence-corrected chi connectivity index (χ2v) is 3.89. The maximum atomic E-state index is 10.8. The molecule has 4 nitrogen and oxygen atoms in total. The summed E-state index contributed by atoms with van der Waals surface area (Å²) in [5.41, 5.74) is 0.954. The van der Waals surface area contributed by atoms with Crippen molar-refractivity contribution < 1.29 is 19.4 Å². The summed E-state index contributed by atoms with van der Waals surface area (Å²) in [5, 5.41) is 8.88. The van der Waals surface area contributed by atoms with E-state index in [1.54, 1.807) is 20.3 Å². The van der Waals surface area contributed by atoms with Crippen molar-refractivity contribution in [3.8, 4) is 11.5 Å². The summed E-state index contributed by atoms with van der Waals surface area (Å²) in [6, 6.07) is 5.49. The zero-order valence-electron chi connectivity index (χ0n) is 9.27. The van der Waals surface area contributed by atoms with Gasteiger partial charge in [-0.1, -0.05) is 6.07 Å². The van der Waals surface area contributed by atoms with Crippen LogP contribution in [-0.2, 0) is 4.79 Å². The molecule has 0 amide bonds. The molecular formula is C12H14O4. The van der Waals surface area contributed by atoms with Gasteiger partial charge in [-0.15, -0.1) is 0 Å². The fourth-order valence-electron chi connectivity index (χ4n) is 1.94. The van der Waals surface area contributed by atoms with Crippen molar-refractivity contribution in [3.05, 3.63) is 23.8 Å². The molecule has 86 valence electrons. The summed E-state index contributed by atoms with van der Waals surface area (Å²) >= 11 is 0. The van der Waals surface area contributed by atoms with E-state index in [4.69, 9.17) is 14.6 Å². The van der Waals surface area contributed by atoms with E-state index in [0.29, 0.717) is 17.9 Å². The Morgan fingerprint density at radius 3 is 2.62 bits per heavy atom. The average molecular weight is 222 g/mol. The maximum absolute atomic E-state index is 10.8. The highest BCUT2D eigenvalue weighted by Crippen LogP contribution is 2.50. The lowest BCUT2D eigenvalue weighted by Gasteiger charge is -2.09. The highest BCUT2D eigenvalue weighted by molar-refractivity contribution is 5.75. The third-order valence-electron chi connectivity index (χ3n) is 2.95. The number of methoxy groups -OCH3 is 2. The summed E-state index contributed by atoms with van der Waals surface area (Å²) in [6.45, 7) is 0. The van der Waals surface area contributed by atoms with Crippen LogP contribution in [0.4, 0.5) is 0 Å². The Kier molecular flexibility index (Phi) is 2.73. The van der Waals surface area contributed by atoms with Crippen LogP contribution in [-0.4, -0.2) is 25.3 Å². The van der Waals surface area contributed by atoms with Gasteiger partial charge >= 0.3 is 5.97 Å². The second kappa shape index (κ2) is 4.04. The van der Waals surface area contributed by atoms with Gasteiger partial charge in [0.05, 0.1) is 20.1 Å². The molecule has 0 heterocycles. The minimum atomic E-state index is -0.733. The first-order valence-corrected chi connectivity index (χ1v) is 5.12. The third kappa shape index (κ3) is 1.83. The molecule has 0 aliphatic heterocycles. The Morgan fingerprint density at radius 1 is 1.38 bits per heavy atom. The molecule has 1 N–H and O–H groups in total. The van der Waals surface area contributed by atoms with E-state index in [1.165, 1.54) is 0 Å². The molecule has 2 rings (SSSR count). The number of rotatable bonds is 4. The fourth-order valence-corrected chi connectivity index (χ4v) is 1.94. The van der Waals surface area contributed by atoms with Crippen LogP contribution in [0.5, 0.6) is 11.5 Å². The number of carboxylic acid groups (broad SMARTS) is 1. The van der Waals surface area contributed by atoms with Gasteiger partial charge in [0.15, 0.2) is 0 Å². The monoisotopic (exact) mass is 222 g/mol. The molecule has 0 aromatic heterocycles. The summed E-state index contributed by atoms with van der Waals surface area (Å²) in [4.78, 5) is 10.8. The first kappa shape index (κ1) is 10.8. The van der Waals surface area contributed by atoms with Gasteiger partial charge in [0, 0.05) is 12.0 Å². The molecule has 1 aromatic rings. The molecule has 0 radical (unpaired) electrons. The number of hydrogen-bond acceptors (Lipinski definition) is 3. The lowest BCUT2D eigenvalue weighted by molar-refractivity contribution is -0.138. The molecule has 0 saturated heterocycles. The molecule has 0 unspecified atom stereocenters. The van der Waals surface area contributed by atoms with Crippen molar-refractivity contribution in [2.24, 2.45) is 5.92 Å². The Labute approximate surface area is 93.8 Å². The second-order valence-electron chi connectivity index (χ2n) is 3.89. The average Bonchev–Trinajstić information content (AvgIpc) is 3.08. The van der Waals surface area contributed by atoms with E-state index in [9.17, 15) is 4.79 Å². The zero-order valence-corrected chi connectivity index (χ0v) is 9.27. The van der Waals surface area contributed by atoms with Gasteiger partial charge in [-0.2, -0.15) is 0 Å². The molecule has 0 bridgehead atoms. The van der Waals surface area contributed by atoms with Gasteiger partial charge in [-0.3, -0.25) is 4.79 Å². The summed E-state index contributed by atoms with van der Waals surface area (Å²) in [6.07, 6.45) is 0.692.